The number of carbonyl (C=O) groups is 1. The van der Waals surface area contributed by atoms with Gasteiger partial charge < -0.3 is 15.4 Å². The van der Waals surface area contributed by atoms with E-state index in [9.17, 15) is 4.79 Å². The van der Waals surface area contributed by atoms with Gasteiger partial charge in [0.25, 0.3) is 0 Å². The van der Waals surface area contributed by atoms with Crippen molar-refractivity contribution >= 4 is 5.91 Å². The Hall–Kier alpha value is -2.34. The minimum Gasteiger partial charge on any atom is -0.492 e. The van der Waals surface area contributed by atoms with E-state index < -0.39 is 0 Å². The van der Waals surface area contributed by atoms with Crippen LogP contribution in [0.2, 0.25) is 0 Å². The predicted molar refractivity (Wildman–Crippen MR) is 92.0 cm³/mol. The quantitative estimate of drug-likeness (QED) is 0.783. The van der Waals surface area contributed by atoms with Gasteiger partial charge in [-0.25, -0.2) is 0 Å². The first-order valence-corrected chi connectivity index (χ1v) is 8.30. The topological polar surface area (TPSA) is 68.2 Å². The van der Waals surface area contributed by atoms with Crippen LogP contribution in [0.3, 0.4) is 0 Å². The van der Waals surface area contributed by atoms with E-state index >= 15 is 0 Å². The molecule has 1 aromatic carbocycles. The van der Waals surface area contributed by atoms with Crippen LogP contribution in [0.25, 0.3) is 0 Å². The minimum absolute atomic E-state index is 0.0619. The molecule has 0 aliphatic carbocycles. The lowest BCUT2D eigenvalue weighted by molar-refractivity contribution is -0.124. The third-order valence-electron chi connectivity index (χ3n) is 4.36. The van der Waals surface area contributed by atoms with Crippen LogP contribution in [-0.2, 0) is 11.8 Å². The number of hydrogen-bond acceptors (Lipinski definition) is 4. The highest BCUT2D eigenvalue weighted by Gasteiger charge is 2.34. The number of benzene rings is 1. The summed E-state index contributed by atoms with van der Waals surface area (Å²) in [5.41, 5.74) is 2.27. The van der Waals surface area contributed by atoms with Gasteiger partial charge in [0, 0.05) is 32.3 Å². The van der Waals surface area contributed by atoms with E-state index in [0.29, 0.717) is 19.7 Å². The summed E-state index contributed by atoms with van der Waals surface area (Å²) >= 11 is 0. The zero-order valence-corrected chi connectivity index (χ0v) is 14.2. The van der Waals surface area contributed by atoms with Crippen LogP contribution in [0.4, 0.5) is 0 Å². The molecule has 0 spiro atoms. The summed E-state index contributed by atoms with van der Waals surface area (Å²) in [5, 5.41) is 10.5. The molecular weight excluding hydrogens is 304 g/mol. The Bertz CT molecular complexity index is 698. The van der Waals surface area contributed by atoms with Gasteiger partial charge in [-0.05, 0) is 30.2 Å². The highest BCUT2D eigenvalue weighted by atomic mass is 16.5. The van der Waals surface area contributed by atoms with Crippen LogP contribution in [0, 0.1) is 12.8 Å². The maximum atomic E-state index is 12.5. The first-order chi connectivity index (χ1) is 11.6. The number of nitrogens with zero attached hydrogens (tertiary/aromatic N) is 2. The monoisotopic (exact) mass is 328 g/mol. The molecule has 2 heterocycles. The smallest absolute Gasteiger partial charge is 0.225 e. The van der Waals surface area contributed by atoms with Gasteiger partial charge >= 0.3 is 0 Å². The molecule has 3 rings (SSSR count). The molecule has 1 aromatic heterocycles. The number of rotatable bonds is 6. The summed E-state index contributed by atoms with van der Waals surface area (Å²) in [6.45, 7) is 4.50. The zero-order valence-electron chi connectivity index (χ0n) is 14.2. The molecule has 6 heteroatoms. The second-order valence-electron chi connectivity index (χ2n) is 6.27. The van der Waals surface area contributed by atoms with Gasteiger partial charge in [-0.1, -0.05) is 12.1 Å². The Balaban J connectivity index is 1.47. The Kier molecular flexibility index (Phi) is 5.15. The van der Waals surface area contributed by atoms with Gasteiger partial charge in [-0.3, -0.25) is 9.48 Å². The van der Waals surface area contributed by atoms with Crippen molar-refractivity contribution in [2.75, 3.05) is 26.2 Å². The third kappa shape index (κ3) is 3.94. The SMILES string of the molecule is Cc1cccc(OCCNC(=O)[C@H]2CNC[C@@H]2c2cnn(C)c2)c1. The lowest BCUT2D eigenvalue weighted by Gasteiger charge is -2.17. The van der Waals surface area contributed by atoms with E-state index in [1.54, 1.807) is 4.68 Å². The number of aromatic nitrogens is 2. The molecule has 128 valence electrons. The lowest BCUT2D eigenvalue weighted by atomic mass is 9.90. The van der Waals surface area contributed by atoms with E-state index in [1.807, 2.05) is 50.6 Å². The molecule has 1 amide bonds. The van der Waals surface area contributed by atoms with Crippen molar-refractivity contribution in [3.63, 3.8) is 0 Å². The van der Waals surface area contributed by atoms with Gasteiger partial charge in [-0.2, -0.15) is 5.10 Å². The summed E-state index contributed by atoms with van der Waals surface area (Å²) in [6.07, 6.45) is 3.83. The number of amides is 1. The fourth-order valence-electron chi connectivity index (χ4n) is 3.12. The maximum Gasteiger partial charge on any atom is 0.225 e. The van der Waals surface area contributed by atoms with Gasteiger partial charge in [0.1, 0.15) is 12.4 Å². The Morgan fingerprint density at radius 2 is 2.33 bits per heavy atom. The molecule has 1 saturated heterocycles. The summed E-state index contributed by atoms with van der Waals surface area (Å²) in [6, 6.07) is 7.90. The summed E-state index contributed by atoms with van der Waals surface area (Å²) in [5.74, 6) is 1.02. The zero-order chi connectivity index (χ0) is 16.9. The first kappa shape index (κ1) is 16.5. The van der Waals surface area contributed by atoms with E-state index in [-0.39, 0.29) is 17.7 Å². The number of aryl methyl sites for hydroxylation is 2. The molecule has 0 radical (unpaired) electrons. The largest absolute Gasteiger partial charge is 0.492 e. The molecule has 2 aromatic rings. The summed E-state index contributed by atoms with van der Waals surface area (Å²) < 4.78 is 7.45. The van der Waals surface area contributed by atoms with Crippen molar-refractivity contribution in [1.82, 2.24) is 20.4 Å². The van der Waals surface area contributed by atoms with E-state index in [1.165, 1.54) is 0 Å². The van der Waals surface area contributed by atoms with Crippen LogP contribution in [0.15, 0.2) is 36.7 Å². The second kappa shape index (κ2) is 7.49. The van der Waals surface area contributed by atoms with Crippen molar-refractivity contribution < 1.29 is 9.53 Å². The van der Waals surface area contributed by atoms with Crippen molar-refractivity contribution in [1.29, 1.82) is 0 Å². The summed E-state index contributed by atoms with van der Waals surface area (Å²) in [4.78, 5) is 12.5. The molecular formula is C18H24N4O2. The van der Waals surface area contributed by atoms with Crippen LogP contribution < -0.4 is 15.4 Å². The van der Waals surface area contributed by atoms with E-state index in [2.05, 4.69) is 15.7 Å². The summed E-state index contributed by atoms with van der Waals surface area (Å²) in [7, 11) is 1.89. The van der Waals surface area contributed by atoms with Gasteiger partial charge in [0.15, 0.2) is 0 Å². The standard InChI is InChI=1S/C18H24N4O2/c1-13-4-3-5-15(8-13)24-7-6-20-18(23)17-11-19-10-16(17)14-9-21-22(2)12-14/h3-5,8-9,12,16-17,19H,6-7,10-11H2,1-2H3,(H,20,23)/t16-,17+/m1/s1. The molecule has 0 saturated carbocycles. The van der Waals surface area contributed by atoms with Crippen LogP contribution in [-0.4, -0.2) is 41.9 Å². The van der Waals surface area contributed by atoms with Crippen LogP contribution in [0.5, 0.6) is 5.75 Å². The molecule has 1 aliphatic heterocycles. The second-order valence-corrected chi connectivity index (χ2v) is 6.27. The Labute approximate surface area is 142 Å². The molecule has 0 unspecified atom stereocenters. The lowest BCUT2D eigenvalue weighted by Crippen LogP contribution is -2.36. The molecule has 1 aliphatic rings. The number of hydrogen-bond donors (Lipinski definition) is 2. The highest BCUT2D eigenvalue weighted by molar-refractivity contribution is 5.80. The molecule has 0 bridgehead atoms. The van der Waals surface area contributed by atoms with Crippen LogP contribution in [0.1, 0.15) is 17.0 Å². The number of nitrogens with one attached hydrogen (secondary N) is 2. The fourth-order valence-corrected chi connectivity index (χ4v) is 3.12. The Morgan fingerprint density at radius 1 is 1.46 bits per heavy atom. The molecule has 2 N–H and O–H groups in total. The van der Waals surface area contributed by atoms with E-state index in [0.717, 1.165) is 23.4 Å². The average molecular weight is 328 g/mol. The maximum absolute atomic E-state index is 12.5. The highest BCUT2D eigenvalue weighted by Crippen LogP contribution is 2.27. The third-order valence-corrected chi connectivity index (χ3v) is 4.36. The Morgan fingerprint density at radius 3 is 3.08 bits per heavy atom. The van der Waals surface area contributed by atoms with Crippen molar-refractivity contribution in [3.8, 4) is 5.75 Å². The molecule has 24 heavy (non-hydrogen) atoms. The molecule has 2 atom stereocenters. The normalized spacial score (nSPS) is 20.1. The number of ether oxygens (including phenoxy) is 1. The first-order valence-electron chi connectivity index (χ1n) is 8.30. The molecule has 1 fully saturated rings. The predicted octanol–water partition coefficient (Wildman–Crippen LogP) is 1.23. The van der Waals surface area contributed by atoms with Crippen molar-refractivity contribution in [2.24, 2.45) is 13.0 Å². The number of carbonyl (C=O) groups excluding carboxylic acids is 1. The van der Waals surface area contributed by atoms with E-state index in [4.69, 9.17) is 4.74 Å². The van der Waals surface area contributed by atoms with Crippen LogP contribution >= 0.6 is 0 Å². The van der Waals surface area contributed by atoms with Gasteiger partial charge in [0.05, 0.1) is 18.7 Å². The molecule has 6 nitrogen and oxygen atoms in total. The fraction of sp³-hybridized carbons (Fsp3) is 0.444. The van der Waals surface area contributed by atoms with Crippen molar-refractivity contribution in [2.45, 2.75) is 12.8 Å². The minimum atomic E-state index is -0.0619. The van der Waals surface area contributed by atoms with Crippen molar-refractivity contribution in [3.05, 3.63) is 47.8 Å². The average Bonchev–Trinajstić information content (AvgIpc) is 3.20. The van der Waals surface area contributed by atoms with Gasteiger partial charge in [-0.15, -0.1) is 0 Å². The van der Waals surface area contributed by atoms with Gasteiger partial charge in [0.2, 0.25) is 5.91 Å².